The van der Waals surface area contributed by atoms with Crippen LogP contribution >= 0.6 is 0 Å². The summed E-state index contributed by atoms with van der Waals surface area (Å²) in [6.45, 7) is 4.33. The number of fused-ring (bicyclic) bond motifs is 1. The molecular formula is C21H24N2O2. The highest BCUT2D eigenvalue weighted by Crippen LogP contribution is 2.34. The van der Waals surface area contributed by atoms with E-state index in [4.69, 9.17) is 4.74 Å². The summed E-state index contributed by atoms with van der Waals surface area (Å²) in [5, 5.41) is 1.07. The van der Waals surface area contributed by atoms with Crippen LogP contribution in [0.25, 0.3) is 22.2 Å². The maximum Gasteiger partial charge on any atom is 0.310 e. The fourth-order valence-corrected chi connectivity index (χ4v) is 3.18. The van der Waals surface area contributed by atoms with E-state index in [-0.39, 0.29) is 12.4 Å². The predicted molar refractivity (Wildman–Crippen MR) is 103 cm³/mol. The molecule has 2 aromatic carbocycles. The second-order valence-corrected chi connectivity index (χ2v) is 6.40. The number of esters is 1. The van der Waals surface area contributed by atoms with Crippen LogP contribution in [0.4, 0.5) is 5.69 Å². The van der Waals surface area contributed by atoms with Gasteiger partial charge in [-0.3, -0.25) is 4.79 Å². The number of anilines is 1. The van der Waals surface area contributed by atoms with Crippen molar-refractivity contribution in [3.8, 4) is 11.3 Å². The van der Waals surface area contributed by atoms with E-state index in [0.29, 0.717) is 6.61 Å². The van der Waals surface area contributed by atoms with Gasteiger partial charge in [-0.15, -0.1) is 0 Å². The first-order valence-electron chi connectivity index (χ1n) is 8.54. The second-order valence-electron chi connectivity index (χ2n) is 6.40. The molecule has 0 saturated heterocycles. The number of hydrogen-bond donors (Lipinski definition) is 1. The molecule has 1 N–H and O–H groups in total. The van der Waals surface area contributed by atoms with Crippen molar-refractivity contribution in [2.75, 3.05) is 25.6 Å². The molecule has 0 atom stereocenters. The highest BCUT2D eigenvalue weighted by Gasteiger charge is 2.18. The van der Waals surface area contributed by atoms with E-state index >= 15 is 0 Å². The number of carbonyl (C=O) groups excluding carboxylic acids is 1. The SMILES string of the molecule is CCOC(=O)Cc1c(-c2ccc(N(C)C)cc2C)[nH]c2ccccc12. The van der Waals surface area contributed by atoms with Crippen molar-refractivity contribution in [3.63, 3.8) is 0 Å². The molecule has 0 radical (unpaired) electrons. The van der Waals surface area contributed by atoms with Crippen molar-refractivity contribution in [2.45, 2.75) is 20.3 Å². The van der Waals surface area contributed by atoms with Gasteiger partial charge in [-0.1, -0.05) is 24.3 Å². The molecule has 4 nitrogen and oxygen atoms in total. The van der Waals surface area contributed by atoms with Gasteiger partial charge in [0.15, 0.2) is 0 Å². The number of aromatic nitrogens is 1. The van der Waals surface area contributed by atoms with Crippen LogP contribution in [0.15, 0.2) is 42.5 Å². The number of hydrogen-bond acceptors (Lipinski definition) is 3. The normalized spacial score (nSPS) is 10.9. The van der Waals surface area contributed by atoms with Crippen molar-refractivity contribution in [1.82, 2.24) is 4.98 Å². The number of ether oxygens (including phenoxy) is 1. The Labute approximate surface area is 148 Å². The van der Waals surface area contributed by atoms with Crippen molar-refractivity contribution in [3.05, 3.63) is 53.6 Å². The molecule has 1 heterocycles. The molecule has 25 heavy (non-hydrogen) atoms. The smallest absolute Gasteiger partial charge is 0.310 e. The Morgan fingerprint density at radius 1 is 1.16 bits per heavy atom. The average Bonchev–Trinajstić information content (AvgIpc) is 2.93. The number of aryl methyl sites for hydroxylation is 1. The van der Waals surface area contributed by atoms with Crippen LogP contribution < -0.4 is 4.90 Å². The molecule has 0 saturated carbocycles. The van der Waals surface area contributed by atoms with Gasteiger partial charge in [-0.2, -0.15) is 0 Å². The predicted octanol–water partition coefficient (Wildman–Crippen LogP) is 4.31. The molecule has 130 valence electrons. The van der Waals surface area contributed by atoms with Crippen LogP contribution in [-0.4, -0.2) is 31.7 Å². The number of benzene rings is 2. The maximum absolute atomic E-state index is 12.1. The molecule has 0 amide bonds. The zero-order valence-electron chi connectivity index (χ0n) is 15.2. The van der Waals surface area contributed by atoms with Gasteiger partial charge in [0, 0.05) is 36.2 Å². The maximum atomic E-state index is 12.1. The van der Waals surface area contributed by atoms with E-state index in [1.54, 1.807) is 0 Å². The topological polar surface area (TPSA) is 45.3 Å². The lowest BCUT2D eigenvalue weighted by Crippen LogP contribution is -2.09. The number of para-hydroxylation sites is 1. The number of nitrogens with one attached hydrogen (secondary N) is 1. The van der Waals surface area contributed by atoms with Crippen molar-refractivity contribution >= 4 is 22.6 Å². The Kier molecular flexibility index (Phi) is 4.79. The summed E-state index contributed by atoms with van der Waals surface area (Å²) >= 11 is 0. The van der Waals surface area contributed by atoms with Gasteiger partial charge < -0.3 is 14.6 Å². The quantitative estimate of drug-likeness (QED) is 0.706. The third-order valence-corrected chi connectivity index (χ3v) is 4.44. The molecule has 0 aliphatic heterocycles. The highest BCUT2D eigenvalue weighted by atomic mass is 16.5. The van der Waals surface area contributed by atoms with Crippen molar-refractivity contribution < 1.29 is 9.53 Å². The minimum absolute atomic E-state index is 0.198. The molecule has 3 rings (SSSR count). The molecule has 0 fully saturated rings. The number of rotatable bonds is 5. The van der Waals surface area contributed by atoms with Gasteiger partial charge in [0.1, 0.15) is 0 Å². The lowest BCUT2D eigenvalue weighted by Gasteiger charge is -2.15. The van der Waals surface area contributed by atoms with Gasteiger partial charge in [-0.25, -0.2) is 0 Å². The molecule has 0 unspecified atom stereocenters. The molecule has 0 spiro atoms. The third kappa shape index (κ3) is 3.38. The van der Waals surface area contributed by atoms with E-state index in [9.17, 15) is 4.79 Å². The van der Waals surface area contributed by atoms with E-state index in [0.717, 1.165) is 33.4 Å². The summed E-state index contributed by atoms with van der Waals surface area (Å²) < 4.78 is 5.18. The molecule has 1 aromatic heterocycles. The lowest BCUT2D eigenvalue weighted by molar-refractivity contribution is -0.142. The zero-order valence-corrected chi connectivity index (χ0v) is 15.2. The van der Waals surface area contributed by atoms with Crippen LogP contribution in [-0.2, 0) is 16.0 Å². The fraction of sp³-hybridized carbons (Fsp3) is 0.286. The minimum atomic E-state index is -0.198. The summed E-state index contributed by atoms with van der Waals surface area (Å²) in [7, 11) is 4.06. The van der Waals surface area contributed by atoms with Gasteiger partial charge in [0.25, 0.3) is 0 Å². The Morgan fingerprint density at radius 3 is 2.60 bits per heavy atom. The molecule has 4 heteroatoms. The van der Waals surface area contributed by atoms with Crippen LogP contribution in [0.1, 0.15) is 18.1 Å². The Morgan fingerprint density at radius 2 is 1.92 bits per heavy atom. The molecule has 0 aliphatic carbocycles. The van der Waals surface area contributed by atoms with E-state index in [1.807, 2.05) is 45.3 Å². The monoisotopic (exact) mass is 336 g/mol. The third-order valence-electron chi connectivity index (χ3n) is 4.44. The number of H-pyrrole nitrogens is 1. The first-order chi connectivity index (χ1) is 12.0. The Bertz CT molecular complexity index is 909. The van der Waals surface area contributed by atoms with Crippen molar-refractivity contribution in [2.24, 2.45) is 0 Å². The van der Waals surface area contributed by atoms with Crippen LogP contribution in [0.5, 0.6) is 0 Å². The number of nitrogens with zero attached hydrogens (tertiary/aromatic N) is 1. The summed E-state index contributed by atoms with van der Waals surface area (Å²) in [4.78, 5) is 17.7. The average molecular weight is 336 g/mol. The Balaban J connectivity index is 2.13. The van der Waals surface area contributed by atoms with Gasteiger partial charge >= 0.3 is 5.97 Å². The Hall–Kier alpha value is -2.75. The van der Waals surface area contributed by atoms with Gasteiger partial charge in [0.2, 0.25) is 0 Å². The van der Waals surface area contributed by atoms with Crippen LogP contribution in [0.3, 0.4) is 0 Å². The minimum Gasteiger partial charge on any atom is -0.466 e. The fourth-order valence-electron chi connectivity index (χ4n) is 3.18. The number of aromatic amines is 1. The van der Waals surface area contributed by atoms with Gasteiger partial charge in [-0.05, 0) is 43.2 Å². The lowest BCUT2D eigenvalue weighted by atomic mass is 9.98. The first kappa shape index (κ1) is 17.1. The highest BCUT2D eigenvalue weighted by molar-refractivity contribution is 5.94. The van der Waals surface area contributed by atoms with E-state index in [2.05, 4.69) is 35.0 Å². The van der Waals surface area contributed by atoms with Gasteiger partial charge in [0.05, 0.1) is 18.7 Å². The van der Waals surface area contributed by atoms with Crippen LogP contribution in [0, 0.1) is 6.92 Å². The van der Waals surface area contributed by atoms with Crippen LogP contribution in [0.2, 0.25) is 0 Å². The van der Waals surface area contributed by atoms with E-state index < -0.39 is 0 Å². The molecule has 0 bridgehead atoms. The summed E-state index contributed by atoms with van der Waals surface area (Å²) in [6, 6.07) is 14.5. The van der Waals surface area contributed by atoms with Crippen molar-refractivity contribution in [1.29, 1.82) is 0 Å². The molecule has 0 aliphatic rings. The summed E-state index contributed by atoms with van der Waals surface area (Å²) in [5.74, 6) is -0.198. The summed E-state index contributed by atoms with van der Waals surface area (Å²) in [5.41, 5.74) is 6.47. The van der Waals surface area contributed by atoms with E-state index in [1.165, 1.54) is 5.56 Å². The standard InChI is InChI=1S/C21H24N2O2/c1-5-25-20(24)13-18-17-8-6-7-9-19(17)22-21(18)16-11-10-15(23(3)4)12-14(16)2/h6-12,22H,5,13H2,1-4H3. The summed E-state index contributed by atoms with van der Waals surface area (Å²) in [6.07, 6.45) is 0.266. The largest absolute Gasteiger partial charge is 0.466 e. The second kappa shape index (κ2) is 7.01. The molecule has 3 aromatic rings. The zero-order chi connectivity index (χ0) is 18.0. The number of carbonyl (C=O) groups is 1. The first-order valence-corrected chi connectivity index (χ1v) is 8.54. The molecular weight excluding hydrogens is 312 g/mol.